The zero-order chi connectivity index (χ0) is 29.2. The van der Waals surface area contributed by atoms with Gasteiger partial charge in [-0.25, -0.2) is 19.2 Å². The van der Waals surface area contributed by atoms with Crippen LogP contribution < -0.4 is 15.4 Å². The molecule has 40 heavy (non-hydrogen) atoms. The number of aliphatic hydroxyl groups excluding tert-OH is 1. The molecule has 1 aliphatic heterocycles. The van der Waals surface area contributed by atoms with Gasteiger partial charge in [0.1, 0.15) is 35.9 Å². The maximum Gasteiger partial charge on any atom is 0.332 e. The minimum absolute atomic E-state index is 0.00436. The van der Waals surface area contributed by atoms with E-state index in [0.29, 0.717) is 53.6 Å². The number of nitrogens with zero attached hydrogens (tertiary/aromatic N) is 3. The van der Waals surface area contributed by atoms with E-state index in [1.807, 2.05) is 19.0 Å². The number of anilines is 3. The number of carboxylic acid groups (broad SMARTS) is 1. The van der Waals surface area contributed by atoms with E-state index in [2.05, 4.69) is 20.6 Å². The van der Waals surface area contributed by atoms with Crippen molar-refractivity contribution < 1.29 is 33.7 Å². The number of hydrogen-bond donors (Lipinski definition) is 4. The standard InChI is InChI=1S/C24H25ClFN5O3.C3H6O3/c1-31(2)8-3-4-23(32)30-21-11-17-20(12-22(21)34-16-7-9-33-13-16)27-14-28-24(17)29-15-5-6-19(26)18(25)10-15;1-2(4)3(5)6/h3-6,10-12,14,16H,7-9,13H2,1-2H3,(H,30,32)(H,27,28,29);2,4H,1H3,(H,5,6)/b4-3+;/t16-;/m0./s1. The molecule has 1 aliphatic rings. The van der Waals surface area contributed by atoms with Gasteiger partial charge in [-0.1, -0.05) is 17.7 Å². The van der Waals surface area contributed by atoms with Gasteiger partial charge in [-0.3, -0.25) is 4.79 Å². The SMILES string of the molecule is CC(O)C(=O)O.CN(C)C/C=C/C(=O)Nc1cc2c(Nc3ccc(F)c(Cl)c3)ncnc2cc1O[C@H]1CCOC1. The Morgan fingerprint density at radius 1 is 1.30 bits per heavy atom. The molecule has 0 aliphatic carbocycles. The summed E-state index contributed by atoms with van der Waals surface area (Å²) in [4.78, 5) is 32.7. The fraction of sp³-hybridized carbons (Fsp3) is 0.333. The maximum absolute atomic E-state index is 13.6. The van der Waals surface area contributed by atoms with E-state index < -0.39 is 17.9 Å². The number of nitrogens with one attached hydrogen (secondary N) is 2. The number of carbonyl (C=O) groups excluding carboxylic acids is 1. The molecule has 4 rings (SSSR count). The molecule has 4 N–H and O–H groups in total. The Hall–Kier alpha value is -3.84. The zero-order valence-corrected chi connectivity index (χ0v) is 23.0. The van der Waals surface area contributed by atoms with Gasteiger partial charge in [0.05, 0.1) is 29.4 Å². The molecule has 0 saturated carbocycles. The van der Waals surface area contributed by atoms with Crippen molar-refractivity contribution in [2.75, 3.05) is 44.5 Å². The lowest BCUT2D eigenvalue weighted by Gasteiger charge is -2.17. The molecule has 2 aromatic carbocycles. The van der Waals surface area contributed by atoms with Crippen molar-refractivity contribution in [1.29, 1.82) is 0 Å². The van der Waals surface area contributed by atoms with Gasteiger partial charge in [-0.15, -0.1) is 0 Å². The minimum atomic E-state index is -1.23. The maximum atomic E-state index is 13.6. The number of ether oxygens (including phenoxy) is 2. The van der Waals surface area contributed by atoms with Gasteiger partial charge in [0.25, 0.3) is 0 Å². The van der Waals surface area contributed by atoms with E-state index >= 15 is 0 Å². The summed E-state index contributed by atoms with van der Waals surface area (Å²) in [5.41, 5.74) is 1.65. The number of aliphatic hydroxyl groups is 1. The summed E-state index contributed by atoms with van der Waals surface area (Å²) in [6, 6.07) is 7.82. The summed E-state index contributed by atoms with van der Waals surface area (Å²) in [6.07, 6.45) is 4.09. The van der Waals surface area contributed by atoms with Crippen LogP contribution in [0.5, 0.6) is 5.75 Å². The molecular formula is C27H31ClFN5O6. The fourth-order valence-electron chi connectivity index (χ4n) is 3.42. The number of carbonyl (C=O) groups is 2. The normalized spacial score (nSPS) is 15.5. The van der Waals surface area contributed by atoms with Gasteiger partial charge in [-0.2, -0.15) is 0 Å². The van der Waals surface area contributed by atoms with Gasteiger partial charge < -0.3 is 35.2 Å². The van der Waals surface area contributed by atoms with E-state index in [9.17, 15) is 14.0 Å². The lowest BCUT2D eigenvalue weighted by molar-refractivity contribution is -0.145. The highest BCUT2D eigenvalue weighted by molar-refractivity contribution is 6.31. The first-order valence-corrected chi connectivity index (χ1v) is 12.7. The minimum Gasteiger partial charge on any atom is -0.486 e. The average Bonchev–Trinajstić information content (AvgIpc) is 3.40. The van der Waals surface area contributed by atoms with Gasteiger partial charge in [0, 0.05) is 36.2 Å². The first kappa shape index (κ1) is 30.7. The quantitative estimate of drug-likeness (QED) is 0.277. The van der Waals surface area contributed by atoms with Crippen molar-refractivity contribution in [1.82, 2.24) is 14.9 Å². The Kier molecular flexibility index (Phi) is 11.1. The number of aromatic nitrogens is 2. The summed E-state index contributed by atoms with van der Waals surface area (Å²) < 4.78 is 25.1. The highest BCUT2D eigenvalue weighted by Crippen LogP contribution is 2.35. The molecule has 214 valence electrons. The van der Waals surface area contributed by atoms with Crippen molar-refractivity contribution in [3.63, 3.8) is 0 Å². The zero-order valence-electron chi connectivity index (χ0n) is 22.2. The predicted octanol–water partition coefficient (Wildman–Crippen LogP) is 3.84. The van der Waals surface area contributed by atoms with Crippen LogP contribution in [0.4, 0.5) is 21.6 Å². The molecule has 1 aromatic heterocycles. The number of amides is 1. The number of rotatable bonds is 9. The second kappa shape index (κ2) is 14.5. The van der Waals surface area contributed by atoms with Crippen LogP contribution >= 0.6 is 11.6 Å². The lowest BCUT2D eigenvalue weighted by Crippen LogP contribution is -2.18. The molecule has 13 heteroatoms. The second-order valence-corrected chi connectivity index (χ2v) is 9.52. The van der Waals surface area contributed by atoms with Crippen LogP contribution in [0.25, 0.3) is 10.9 Å². The van der Waals surface area contributed by atoms with Crippen molar-refractivity contribution in [2.24, 2.45) is 0 Å². The Bertz CT molecular complexity index is 1360. The van der Waals surface area contributed by atoms with Crippen LogP contribution in [0.1, 0.15) is 13.3 Å². The molecule has 2 heterocycles. The van der Waals surface area contributed by atoms with Gasteiger partial charge >= 0.3 is 5.97 Å². The Morgan fingerprint density at radius 3 is 2.67 bits per heavy atom. The molecule has 11 nitrogen and oxygen atoms in total. The highest BCUT2D eigenvalue weighted by atomic mass is 35.5. The summed E-state index contributed by atoms with van der Waals surface area (Å²) in [5.74, 6) is -1.01. The number of benzene rings is 2. The van der Waals surface area contributed by atoms with E-state index in [1.54, 1.807) is 24.3 Å². The first-order valence-electron chi connectivity index (χ1n) is 12.3. The van der Waals surface area contributed by atoms with Gasteiger partial charge in [-0.05, 0) is 45.3 Å². The van der Waals surface area contributed by atoms with Crippen molar-refractivity contribution in [2.45, 2.75) is 25.6 Å². The first-order chi connectivity index (χ1) is 19.0. The van der Waals surface area contributed by atoms with Crippen LogP contribution in [0.15, 0.2) is 48.8 Å². The summed E-state index contributed by atoms with van der Waals surface area (Å²) >= 11 is 5.91. The third-order valence-corrected chi connectivity index (χ3v) is 5.75. The van der Waals surface area contributed by atoms with Crippen molar-refractivity contribution >= 4 is 51.6 Å². The predicted molar refractivity (Wildman–Crippen MR) is 150 cm³/mol. The lowest BCUT2D eigenvalue weighted by atomic mass is 10.1. The number of carboxylic acids is 1. The molecule has 2 atom stereocenters. The molecule has 1 unspecified atom stereocenters. The smallest absolute Gasteiger partial charge is 0.332 e. The van der Waals surface area contributed by atoms with Gasteiger partial charge in [0.2, 0.25) is 5.91 Å². The van der Waals surface area contributed by atoms with Crippen LogP contribution in [-0.2, 0) is 14.3 Å². The molecule has 1 saturated heterocycles. The van der Waals surface area contributed by atoms with E-state index in [-0.39, 0.29) is 17.0 Å². The van der Waals surface area contributed by atoms with Crippen LogP contribution in [-0.4, -0.2) is 83.0 Å². The topological polar surface area (TPSA) is 146 Å². The monoisotopic (exact) mass is 575 g/mol. The van der Waals surface area contributed by atoms with Crippen LogP contribution in [0.3, 0.4) is 0 Å². The van der Waals surface area contributed by atoms with Crippen LogP contribution in [0.2, 0.25) is 5.02 Å². The summed E-state index contributed by atoms with van der Waals surface area (Å²) in [7, 11) is 3.84. The van der Waals surface area contributed by atoms with Crippen molar-refractivity contribution in [3.05, 3.63) is 59.7 Å². The Morgan fingerprint density at radius 2 is 2.05 bits per heavy atom. The van der Waals surface area contributed by atoms with Gasteiger partial charge in [0.15, 0.2) is 0 Å². The average molecular weight is 576 g/mol. The third-order valence-electron chi connectivity index (χ3n) is 5.46. The molecule has 0 bridgehead atoms. The summed E-state index contributed by atoms with van der Waals surface area (Å²) in [6.45, 7) is 2.94. The number of aliphatic carboxylic acids is 1. The fourth-order valence-corrected chi connectivity index (χ4v) is 3.60. The number of fused-ring (bicyclic) bond motifs is 1. The number of hydrogen-bond acceptors (Lipinski definition) is 9. The molecule has 0 radical (unpaired) electrons. The molecule has 0 spiro atoms. The number of halogens is 2. The second-order valence-electron chi connectivity index (χ2n) is 9.11. The Labute approximate surface area is 235 Å². The molecular weight excluding hydrogens is 545 g/mol. The van der Waals surface area contributed by atoms with E-state index in [0.717, 1.165) is 6.42 Å². The largest absolute Gasteiger partial charge is 0.486 e. The Balaban J connectivity index is 0.000000663. The van der Waals surface area contributed by atoms with E-state index in [4.69, 9.17) is 31.3 Å². The highest BCUT2D eigenvalue weighted by Gasteiger charge is 2.21. The number of likely N-dealkylation sites (N-methyl/N-ethyl adjacent to an activating group) is 1. The molecule has 3 aromatic rings. The summed E-state index contributed by atoms with van der Waals surface area (Å²) in [5, 5.41) is 22.4. The van der Waals surface area contributed by atoms with Crippen LogP contribution in [0, 0.1) is 5.82 Å². The van der Waals surface area contributed by atoms with E-state index in [1.165, 1.54) is 31.5 Å². The third kappa shape index (κ3) is 9.12. The molecule has 1 fully saturated rings. The van der Waals surface area contributed by atoms with Crippen molar-refractivity contribution in [3.8, 4) is 5.75 Å². The molecule has 1 amide bonds.